The molecule has 2 aromatic heterocycles. The molecule has 0 fully saturated rings. The molecule has 2 heterocycles. The van der Waals surface area contributed by atoms with E-state index in [9.17, 15) is 8.42 Å². The summed E-state index contributed by atoms with van der Waals surface area (Å²) in [6, 6.07) is 11.3. The number of sulfonamides is 1. The van der Waals surface area contributed by atoms with Crippen LogP contribution in [0.15, 0.2) is 50.7 Å². The quantitative estimate of drug-likeness (QED) is 0.697. The third-order valence-corrected chi connectivity index (χ3v) is 6.48. The lowest BCUT2D eigenvalue weighted by molar-refractivity contribution is 0.602. The van der Waals surface area contributed by atoms with Crippen LogP contribution in [0.3, 0.4) is 0 Å². The van der Waals surface area contributed by atoms with Gasteiger partial charge in [0.2, 0.25) is 0 Å². The van der Waals surface area contributed by atoms with Crippen molar-refractivity contribution in [3.05, 3.63) is 57.6 Å². The van der Waals surface area contributed by atoms with E-state index in [2.05, 4.69) is 30.7 Å². The predicted octanol–water partition coefficient (Wildman–Crippen LogP) is 3.26. The summed E-state index contributed by atoms with van der Waals surface area (Å²) < 4.78 is 29.3. The number of thiophene rings is 1. The van der Waals surface area contributed by atoms with Crippen molar-refractivity contribution in [2.75, 3.05) is 4.72 Å². The number of rotatable bonds is 5. The summed E-state index contributed by atoms with van der Waals surface area (Å²) in [6.07, 6.45) is 1.50. The molecule has 1 aromatic carbocycles. The second-order valence-electron chi connectivity index (χ2n) is 4.92. The van der Waals surface area contributed by atoms with Crippen molar-refractivity contribution >= 4 is 43.2 Å². The summed E-state index contributed by atoms with van der Waals surface area (Å²) in [7, 11) is -3.66. The lowest BCUT2D eigenvalue weighted by Gasteiger charge is -2.02. The average molecular weight is 413 g/mol. The molecule has 23 heavy (non-hydrogen) atoms. The number of hydrogen-bond acceptors (Lipinski definition) is 5. The van der Waals surface area contributed by atoms with Gasteiger partial charge in [0.25, 0.3) is 16.0 Å². The molecule has 0 unspecified atom stereocenters. The van der Waals surface area contributed by atoms with Gasteiger partial charge in [0.1, 0.15) is 10.5 Å². The van der Waals surface area contributed by atoms with Gasteiger partial charge in [-0.2, -0.15) is 4.98 Å². The molecule has 0 aliphatic heterocycles. The fourth-order valence-corrected chi connectivity index (χ4v) is 4.87. The lowest BCUT2D eigenvalue weighted by atomic mass is 10.1. The molecule has 6 nitrogen and oxygen atoms in total. The zero-order chi connectivity index (χ0) is 16.4. The first-order chi connectivity index (χ1) is 10.9. The van der Waals surface area contributed by atoms with Crippen LogP contribution in [0.2, 0.25) is 0 Å². The van der Waals surface area contributed by atoms with Crippen LogP contribution in [0.5, 0.6) is 0 Å². The van der Waals surface area contributed by atoms with Crippen molar-refractivity contribution in [3.63, 3.8) is 0 Å². The number of anilines is 1. The first kappa shape index (κ1) is 16.2. The number of aromatic nitrogens is 3. The smallest absolute Gasteiger partial charge is 0.246 e. The van der Waals surface area contributed by atoms with Gasteiger partial charge < -0.3 is 0 Å². The topological polar surface area (TPSA) is 76.9 Å². The number of benzene rings is 1. The van der Waals surface area contributed by atoms with Gasteiger partial charge >= 0.3 is 0 Å². The molecule has 0 saturated heterocycles. The third-order valence-electron chi connectivity index (χ3n) is 3.04. The molecular weight excluding hydrogens is 400 g/mol. The first-order valence-corrected chi connectivity index (χ1v) is 9.75. The summed E-state index contributed by atoms with van der Waals surface area (Å²) in [5.41, 5.74) is 2.25. The third kappa shape index (κ3) is 3.98. The largest absolute Gasteiger partial charge is 0.273 e. The van der Waals surface area contributed by atoms with Gasteiger partial charge in [-0.3, -0.25) is 0 Å². The minimum Gasteiger partial charge on any atom is -0.246 e. The van der Waals surface area contributed by atoms with Crippen molar-refractivity contribution < 1.29 is 8.42 Å². The Bertz CT molecular complexity index is 916. The zero-order valence-electron chi connectivity index (χ0n) is 12.1. The van der Waals surface area contributed by atoms with Crippen molar-refractivity contribution in [3.8, 4) is 0 Å². The van der Waals surface area contributed by atoms with E-state index in [1.54, 1.807) is 10.7 Å². The minimum absolute atomic E-state index is 0.0571. The maximum absolute atomic E-state index is 12.2. The van der Waals surface area contributed by atoms with E-state index in [1.165, 1.54) is 18.0 Å². The summed E-state index contributed by atoms with van der Waals surface area (Å²) in [6.45, 7) is 2.55. The molecule has 0 atom stereocenters. The van der Waals surface area contributed by atoms with Gasteiger partial charge in [-0.25, -0.2) is 17.8 Å². The second kappa shape index (κ2) is 6.42. The normalized spacial score (nSPS) is 11.6. The number of nitrogens with zero attached hydrogens (tertiary/aromatic N) is 3. The Morgan fingerprint density at radius 1 is 1.22 bits per heavy atom. The van der Waals surface area contributed by atoms with E-state index < -0.39 is 10.0 Å². The predicted molar refractivity (Wildman–Crippen MR) is 93.1 cm³/mol. The van der Waals surface area contributed by atoms with Gasteiger partial charge in [-0.1, -0.05) is 29.8 Å². The summed E-state index contributed by atoms with van der Waals surface area (Å²) in [5.74, 6) is 0.0571. The van der Waals surface area contributed by atoms with Crippen LogP contribution in [0, 0.1) is 6.92 Å². The number of nitrogens with one attached hydrogen (secondary N) is 1. The molecule has 0 spiro atoms. The molecule has 0 radical (unpaired) electrons. The Kier molecular flexibility index (Phi) is 4.51. The van der Waals surface area contributed by atoms with Gasteiger partial charge in [-0.05, 0) is 40.5 Å². The van der Waals surface area contributed by atoms with E-state index >= 15 is 0 Å². The molecule has 0 amide bonds. The molecule has 0 saturated carbocycles. The molecule has 3 aromatic rings. The first-order valence-electron chi connectivity index (χ1n) is 6.65. The Hall–Kier alpha value is -1.71. The van der Waals surface area contributed by atoms with E-state index in [1.807, 2.05) is 31.2 Å². The van der Waals surface area contributed by atoms with Crippen LogP contribution in [0.4, 0.5) is 5.95 Å². The highest BCUT2D eigenvalue weighted by Gasteiger charge is 2.18. The van der Waals surface area contributed by atoms with Gasteiger partial charge in [0.15, 0.2) is 0 Å². The van der Waals surface area contributed by atoms with Gasteiger partial charge in [0.05, 0.1) is 10.3 Å². The SMILES string of the molecule is Cc1ccc(Cn2cnc(NS(=O)(=O)c3ccc(Br)s3)n2)cc1. The number of aryl methyl sites for hydroxylation is 1. The molecule has 120 valence electrons. The summed E-state index contributed by atoms with van der Waals surface area (Å²) in [5, 5.41) is 4.15. The van der Waals surface area contributed by atoms with E-state index in [-0.39, 0.29) is 10.2 Å². The highest BCUT2D eigenvalue weighted by atomic mass is 79.9. The highest BCUT2D eigenvalue weighted by molar-refractivity contribution is 9.11. The van der Waals surface area contributed by atoms with Gasteiger partial charge in [0, 0.05) is 0 Å². The van der Waals surface area contributed by atoms with E-state index in [0.717, 1.165) is 20.7 Å². The van der Waals surface area contributed by atoms with E-state index in [0.29, 0.717) is 6.54 Å². The van der Waals surface area contributed by atoms with Crippen molar-refractivity contribution in [2.45, 2.75) is 17.7 Å². The Morgan fingerprint density at radius 3 is 2.61 bits per heavy atom. The highest BCUT2D eigenvalue weighted by Crippen LogP contribution is 2.26. The molecular formula is C14H13BrN4O2S2. The molecule has 1 N–H and O–H groups in total. The van der Waals surface area contributed by atoms with Crippen LogP contribution in [-0.4, -0.2) is 23.2 Å². The zero-order valence-corrected chi connectivity index (χ0v) is 15.3. The van der Waals surface area contributed by atoms with Crippen LogP contribution >= 0.6 is 27.3 Å². The lowest BCUT2D eigenvalue weighted by Crippen LogP contribution is -2.13. The Balaban J connectivity index is 1.73. The molecule has 0 bridgehead atoms. The Labute approximate surface area is 146 Å². The van der Waals surface area contributed by atoms with E-state index in [4.69, 9.17) is 0 Å². The fourth-order valence-electron chi connectivity index (χ4n) is 1.91. The summed E-state index contributed by atoms with van der Waals surface area (Å²) in [4.78, 5) is 4.00. The van der Waals surface area contributed by atoms with Crippen LogP contribution in [0.25, 0.3) is 0 Å². The Morgan fingerprint density at radius 2 is 1.96 bits per heavy atom. The second-order valence-corrected chi connectivity index (χ2v) is 9.29. The molecule has 0 aliphatic rings. The molecule has 0 aliphatic carbocycles. The maximum atomic E-state index is 12.2. The molecule has 9 heteroatoms. The monoisotopic (exact) mass is 412 g/mol. The van der Waals surface area contributed by atoms with Crippen molar-refractivity contribution in [1.82, 2.24) is 14.8 Å². The van der Waals surface area contributed by atoms with Crippen molar-refractivity contribution in [1.29, 1.82) is 0 Å². The average Bonchev–Trinajstić information content (AvgIpc) is 3.11. The van der Waals surface area contributed by atoms with Crippen LogP contribution < -0.4 is 4.72 Å². The van der Waals surface area contributed by atoms with Gasteiger partial charge in [-0.15, -0.1) is 16.4 Å². The minimum atomic E-state index is -3.66. The van der Waals surface area contributed by atoms with Crippen LogP contribution in [-0.2, 0) is 16.6 Å². The number of halogens is 1. The fraction of sp³-hybridized carbons (Fsp3) is 0.143. The summed E-state index contributed by atoms with van der Waals surface area (Å²) >= 11 is 4.38. The van der Waals surface area contributed by atoms with Crippen LogP contribution in [0.1, 0.15) is 11.1 Å². The van der Waals surface area contributed by atoms with Crippen molar-refractivity contribution in [2.24, 2.45) is 0 Å². The number of hydrogen-bond donors (Lipinski definition) is 1. The standard InChI is InChI=1S/C14H13BrN4O2S2/c1-10-2-4-11(5-3-10)8-19-9-16-14(17-19)18-23(20,21)13-7-6-12(15)22-13/h2-7,9H,8H2,1H3,(H,17,18). The maximum Gasteiger partial charge on any atom is 0.273 e. The molecule has 3 rings (SSSR count).